The molecular formula is C19H25N5O3. The second-order valence-corrected chi connectivity index (χ2v) is 7.47. The molecule has 2 fully saturated rings. The van der Waals surface area contributed by atoms with Gasteiger partial charge in [0.05, 0.1) is 17.6 Å². The van der Waals surface area contributed by atoms with Crippen molar-refractivity contribution >= 4 is 23.2 Å². The van der Waals surface area contributed by atoms with E-state index in [0.29, 0.717) is 32.6 Å². The number of imidazole rings is 1. The molecule has 2 N–H and O–H groups in total. The number of rotatable bonds is 2. The molecule has 1 aromatic carbocycles. The van der Waals surface area contributed by atoms with E-state index in [0.717, 1.165) is 35.3 Å². The first kappa shape index (κ1) is 17.6. The minimum Gasteiger partial charge on any atom is -0.441 e. The molecule has 27 heavy (non-hydrogen) atoms. The van der Waals surface area contributed by atoms with Gasteiger partial charge in [0.1, 0.15) is 11.4 Å². The molecule has 2 aliphatic heterocycles. The number of amides is 3. The lowest BCUT2D eigenvalue weighted by atomic mass is 9.95. The maximum atomic E-state index is 12.6. The number of nitrogens with one attached hydrogen (secondary N) is 2. The average Bonchev–Trinajstić information content (AvgIpc) is 3.06. The van der Waals surface area contributed by atoms with Crippen LogP contribution in [0.15, 0.2) is 18.2 Å². The van der Waals surface area contributed by atoms with Crippen LogP contribution in [0.5, 0.6) is 0 Å². The molecule has 0 aliphatic carbocycles. The Morgan fingerprint density at radius 2 is 2.22 bits per heavy atom. The van der Waals surface area contributed by atoms with Gasteiger partial charge in [-0.3, -0.25) is 0 Å². The van der Waals surface area contributed by atoms with Crippen LogP contribution >= 0.6 is 0 Å². The van der Waals surface area contributed by atoms with Crippen LogP contribution in [0.2, 0.25) is 0 Å². The van der Waals surface area contributed by atoms with E-state index in [-0.39, 0.29) is 12.1 Å². The van der Waals surface area contributed by atoms with Gasteiger partial charge in [-0.15, -0.1) is 0 Å². The van der Waals surface area contributed by atoms with Crippen LogP contribution in [-0.4, -0.2) is 51.8 Å². The Balaban J connectivity index is 1.36. The van der Waals surface area contributed by atoms with Gasteiger partial charge in [0, 0.05) is 33.1 Å². The zero-order valence-corrected chi connectivity index (χ0v) is 15.7. The minimum absolute atomic E-state index is 0.0818. The normalized spacial score (nSPS) is 22.6. The van der Waals surface area contributed by atoms with Gasteiger partial charge in [-0.05, 0) is 37.5 Å². The number of urea groups is 1. The van der Waals surface area contributed by atoms with Crippen LogP contribution in [0.25, 0.3) is 11.0 Å². The molecule has 4 rings (SSSR count). The van der Waals surface area contributed by atoms with Gasteiger partial charge in [-0.25, -0.2) is 14.6 Å². The van der Waals surface area contributed by atoms with E-state index >= 15 is 0 Å². The molecule has 3 amide bonds. The minimum atomic E-state index is -0.450. The van der Waals surface area contributed by atoms with E-state index in [2.05, 4.69) is 20.2 Å². The lowest BCUT2D eigenvalue weighted by Crippen LogP contribution is -2.41. The first-order valence-electron chi connectivity index (χ1n) is 9.37. The Hall–Kier alpha value is -2.77. The molecule has 2 aliphatic rings. The molecule has 2 aromatic rings. The van der Waals surface area contributed by atoms with Gasteiger partial charge >= 0.3 is 12.1 Å². The highest BCUT2D eigenvalue weighted by molar-refractivity contribution is 5.77. The number of fused-ring (bicyclic) bond motifs is 1. The van der Waals surface area contributed by atoms with Crippen LogP contribution in [0.3, 0.4) is 0 Å². The van der Waals surface area contributed by atoms with Crippen LogP contribution in [0.4, 0.5) is 9.59 Å². The first-order valence-corrected chi connectivity index (χ1v) is 9.37. The number of carbonyl (C=O) groups is 2. The van der Waals surface area contributed by atoms with Crippen molar-refractivity contribution in [3.05, 3.63) is 29.6 Å². The number of carbonyl (C=O) groups excluding carboxylic acids is 2. The van der Waals surface area contributed by atoms with Crippen molar-refractivity contribution in [2.45, 2.75) is 38.3 Å². The fourth-order valence-electron chi connectivity index (χ4n) is 3.92. The Morgan fingerprint density at radius 3 is 3.00 bits per heavy atom. The van der Waals surface area contributed by atoms with E-state index in [1.165, 1.54) is 0 Å². The van der Waals surface area contributed by atoms with E-state index in [1.54, 1.807) is 0 Å². The summed E-state index contributed by atoms with van der Waals surface area (Å²) in [6.45, 7) is 4.22. The molecule has 0 radical (unpaired) electrons. The molecule has 3 heterocycles. The Labute approximate surface area is 157 Å². The highest BCUT2D eigenvalue weighted by Crippen LogP contribution is 2.29. The quantitative estimate of drug-likeness (QED) is 0.846. The lowest BCUT2D eigenvalue weighted by molar-refractivity contribution is 0.0453. The molecule has 144 valence electrons. The number of likely N-dealkylation sites (tertiary alicyclic amines) is 1. The van der Waals surface area contributed by atoms with Gasteiger partial charge < -0.3 is 24.8 Å². The summed E-state index contributed by atoms with van der Waals surface area (Å²) in [4.78, 5) is 30.3. The summed E-state index contributed by atoms with van der Waals surface area (Å²) in [5.41, 5.74) is 2.59. The zero-order valence-electron chi connectivity index (χ0n) is 15.7. The van der Waals surface area contributed by atoms with E-state index in [4.69, 9.17) is 4.74 Å². The molecule has 0 bridgehead atoms. The number of aromatic nitrogens is 2. The van der Waals surface area contributed by atoms with E-state index < -0.39 is 5.60 Å². The standard InChI is InChI=1S/C19H25N5O3/c1-13-22-15-10-14(4-5-16(15)23(13)2)11-20-17(25)24-8-3-6-19(7-9-24)12-21-18(26)27-19/h4-5,10H,3,6-9,11-12H2,1-2H3,(H,20,25)(H,21,26). The predicted molar refractivity (Wildman–Crippen MR) is 100 cm³/mol. The predicted octanol–water partition coefficient (Wildman–Crippen LogP) is 2.06. The third-order valence-electron chi connectivity index (χ3n) is 5.66. The zero-order chi connectivity index (χ0) is 19.0. The monoisotopic (exact) mass is 371 g/mol. The number of nitrogens with zero attached hydrogens (tertiary/aromatic N) is 3. The number of hydrogen-bond acceptors (Lipinski definition) is 4. The summed E-state index contributed by atoms with van der Waals surface area (Å²) in [5, 5.41) is 5.73. The van der Waals surface area contributed by atoms with E-state index in [9.17, 15) is 9.59 Å². The fraction of sp³-hybridized carbons (Fsp3) is 0.526. The number of ether oxygens (including phenoxy) is 1. The second-order valence-electron chi connectivity index (χ2n) is 7.47. The number of benzene rings is 1. The highest BCUT2D eigenvalue weighted by Gasteiger charge is 2.41. The largest absolute Gasteiger partial charge is 0.441 e. The molecule has 1 atom stereocenters. The molecule has 1 unspecified atom stereocenters. The third-order valence-corrected chi connectivity index (χ3v) is 5.66. The van der Waals surface area contributed by atoms with Crippen molar-refractivity contribution in [3.8, 4) is 0 Å². The summed E-state index contributed by atoms with van der Waals surface area (Å²) in [5.74, 6) is 0.965. The van der Waals surface area contributed by atoms with Crippen molar-refractivity contribution in [2.75, 3.05) is 19.6 Å². The van der Waals surface area contributed by atoms with Gasteiger partial charge in [-0.2, -0.15) is 0 Å². The molecule has 1 aromatic heterocycles. The van der Waals surface area contributed by atoms with Crippen molar-refractivity contribution in [1.82, 2.24) is 25.1 Å². The molecule has 1 spiro atoms. The summed E-state index contributed by atoms with van der Waals surface area (Å²) in [7, 11) is 2.00. The van der Waals surface area contributed by atoms with Crippen LogP contribution in [0, 0.1) is 6.92 Å². The Kier molecular flexibility index (Phi) is 4.41. The topological polar surface area (TPSA) is 88.5 Å². The van der Waals surface area contributed by atoms with Crippen molar-refractivity contribution in [1.29, 1.82) is 0 Å². The molecule has 8 heteroatoms. The summed E-state index contributed by atoms with van der Waals surface area (Å²) in [6.07, 6.45) is 1.92. The van der Waals surface area contributed by atoms with Crippen LogP contribution < -0.4 is 10.6 Å². The maximum Gasteiger partial charge on any atom is 0.407 e. The molecule has 2 saturated heterocycles. The lowest BCUT2D eigenvalue weighted by Gasteiger charge is -2.25. The average molecular weight is 371 g/mol. The number of alkyl carbamates (subject to hydrolysis) is 1. The summed E-state index contributed by atoms with van der Waals surface area (Å²) < 4.78 is 7.51. The third kappa shape index (κ3) is 3.43. The van der Waals surface area contributed by atoms with Crippen molar-refractivity contribution < 1.29 is 14.3 Å². The van der Waals surface area contributed by atoms with Crippen LogP contribution in [0.1, 0.15) is 30.7 Å². The second kappa shape index (κ2) is 6.75. The fourth-order valence-corrected chi connectivity index (χ4v) is 3.92. The van der Waals surface area contributed by atoms with Crippen LogP contribution in [-0.2, 0) is 18.3 Å². The summed E-state index contributed by atoms with van der Waals surface area (Å²) >= 11 is 0. The summed E-state index contributed by atoms with van der Waals surface area (Å²) in [6, 6.07) is 5.99. The van der Waals surface area contributed by atoms with Gasteiger partial charge in [0.15, 0.2) is 0 Å². The molecule has 0 saturated carbocycles. The number of hydrogen-bond donors (Lipinski definition) is 2. The molecule has 8 nitrogen and oxygen atoms in total. The van der Waals surface area contributed by atoms with Crippen molar-refractivity contribution in [2.24, 2.45) is 7.05 Å². The van der Waals surface area contributed by atoms with Gasteiger partial charge in [0.25, 0.3) is 0 Å². The Morgan fingerprint density at radius 1 is 1.37 bits per heavy atom. The SMILES string of the molecule is Cc1nc2cc(CNC(=O)N3CCCC4(CC3)CNC(=O)O4)ccc2n1C. The maximum absolute atomic E-state index is 12.6. The first-order chi connectivity index (χ1) is 13.0. The highest BCUT2D eigenvalue weighted by atomic mass is 16.6. The Bertz CT molecular complexity index is 893. The smallest absolute Gasteiger partial charge is 0.407 e. The van der Waals surface area contributed by atoms with Gasteiger partial charge in [0.2, 0.25) is 0 Å². The van der Waals surface area contributed by atoms with Crippen molar-refractivity contribution in [3.63, 3.8) is 0 Å². The molecular weight excluding hydrogens is 346 g/mol. The number of aryl methyl sites for hydroxylation is 2. The van der Waals surface area contributed by atoms with Gasteiger partial charge in [-0.1, -0.05) is 6.07 Å². The van der Waals surface area contributed by atoms with E-state index in [1.807, 2.05) is 37.1 Å².